The number of piperidine rings is 1. The number of hydrogen-bond donors (Lipinski definition) is 1. The largest absolute Gasteiger partial charge is 0.361 e. The van der Waals surface area contributed by atoms with Gasteiger partial charge in [-0.05, 0) is 12.1 Å². The summed E-state index contributed by atoms with van der Waals surface area (Å²) in [6, 6.07) is 3.93. The first-order valence-electron chi connectivity index (χ1n) is 6.05. The molecule has 2 aromatic heterocycles. The highest BCUT2D eigenvalue weighted by atomic mass is 16.1. The van der Waals surface area contributed by atoms with E-state index in [4.69, 9.17) is 0 Å². The molecule has 3 heterocycles. The van der Waals surface area contributed by atoms with Crippen LogP contribution in [0, 0.1) is 0 Å². The Kier molecular flexibility index (Phi) is 2.80. The summed E-state index contributed by atoms with van der Waals surface area (Å²) in [6.45, 7) is 1.45. The van der Waals surface area contributed by atoms with Crippen LogP contribution < -0.4 is 4.90 Å². The lowest BCUT2D eigenvalue weighted by Gasteiger charge is -2.25. The lowest BCUT2D eigenvalue weighted by molar-refractivity contribution is -0.119. The fourth-order valence-corrected chi connectivity index (χ4v) is 2.09. The average molecular weight is 242 g/mol. The number of carbonyl (C=O) groups is 1. The van der Waals surface area contributed by atoms with Crippen molar-refractivity contribution in [3.63, 3.8) is 0 Å². The smallest absolute Gasteiger partial charge is 0.225 e. The van der Waals surface area contributed by atoms with E-state index < -0.39 is 0 Å². The summed E-state index contributed by atoms with van der Waals surface area (Å²) >= 11 is 0. The Morgan fingerprint density at radius 2 is 1.89 bits per heavy atom. The molecule has 2 aromatic rings. The van der Waals surface area contributed by atoms with E-state index in [0.29, 0.717) is 24.6 Å². The third-order valence-corrected chi connectivity index (χ3v) is 3.15. The Morgan fingerprint density at radius 3 is 2.50 bits per heavy atom. The molecule has 1 fully saturated rings. The molecule has 0 spiro atoms. The second kappa shape index (κ2) is 4.60. The fraction of sp³-hybridized carbons (Fsp3) is 0.308. The Balaban J connectivity index is 1.77. The zero-order chi connectivity index (χ0) is 12.4. The van der Waals surface area contributed by atoms with Crippen molar-refractivity contribution < 1.29 is 4.79 Å². The Bertz CT molecular complexity index is 523. The van der Waals surface area contributed by atoms with E-state index in [-0.39, 0.29) is 0 Å². The average Bonchev–Trinajstić information content (AvgIpc) is 2.94. The maximum atomic E-state index is 11.2. The van der Waals surface area contributed by atoms with Crippen LogP contribution >= 0.6 is 0 Å². The summed E-state index contributed by atoms with van der Waals surface area (Å²) in [5.74, 6) is 1.03. The highest BCUT2D eigenvalue weighted by Crippen LogP contribution is 2.18. The predicted molar refractivity (Wildman–Crippen MR) is 68.3 cm³/mol. The molecule has 0 radical (unpaired) electrons. The normalized spacial score (nSPS) is 16.0. The van der Waals surface area contributed by atoms with E-state index in [1.54, 1.807) is 0 Å². The van der Waals surface area contributed by atoms with Crippen LogP contribution in [0.15, 0.2) is 30.7 Å². The second-order valence-electron chi connectivity index (χ2n) is 4.38. The minimum atomic E-state index is 0.328. The zero-order valence-electron chi connectivity index (χ0n) is 9.97. The SMILES string of the molecule is O=C1CCN(c2ncc(-c3ccc[nH]3)cn2)CC1. The second-order valence-corrected chi connectivity index (χ2v) is 4.38. The lowest BCUT2D eigenvalue weighted by Crippen LogP contribution is -2.34. The van der Waals surface area contributed by atoms with E-state index in [9.17, 15) is 4.79 Å². The Morgan fingerprint density at radius 1 is 1.17 bits per heavy atom. The van der Waals surface area contributed by atoms with Crippen LogP contribution in [0.3, 0.4) is 0 Å². The number of rotatable bonds is 2. The van der Waals surface area contributed by atoms with Gasteiger partial charge in [-0.2, -0.15) is 0 Å². The summed E-state index contributed by atoms with van der Waals surface area (Å²) in [6.07, 6.45) is 6.69. The number of ketones is 1. The Hall–Kier alpha value is -2.17. The molecule has 0 saturated carbocycles. The Labute approximate surface area is 105 Å². The van der Waals surface area contributed by atoms with Crippen LogP contribution in [-0.4, -0.2) is 33.8 Å². The molecular weight excluding hydrogens is 228 g/mol. The van der Waals surface area contributed by atoms with Gasteiger partial charge in [-0.1, -0.05) is 0 Å². The maximum absolute atomic E-state index is 11.2. The van der Waals surface area contributed by atoms with Crippen molar-refractivity contribution in [1.82, 2.24) is 15.0 Å². The van der Waals surface area contributed by atoms with Gasteiger partial charge in [-0.15, -0.1) is 0 Å². The topological polar surface area (TPSA) is 61.9 Å². The number of Topliss-reactive ketones (excluding diaryl/α,β-unsaturated/α-hetero) is 1. The van der Waals surface area contributed by atoms with E-state index in [1.165, 1.54) is 0 Å². The van der Waals surface area contributed by atoms with Crippen molar-refractivity contribution in [2.75, 3.05) is 18.0 Å². The minimum absolute atomic E-state index is 0.328. The highest BCUT2D eigenvalue weighted by Gasteiger charge is 2.18. The third-order valence-electron chi connectivity index (χ3n) is 3.15. The summed E-state index contributed by atoms with van der Waals surface area (Å²) < 4.78 is 0. The number of anilines is 1. The molecule has 1 N–H and O–H groups in total. The van der Waals surface area contributed by atoms with Gasteiger partial charge in [0.05, 0.1) is 0 Å². The van der Waals surface area contributed by atoms with E-state index in [2.05, 4.69) is 19.9 Å². The molecular formula is C13H14N4O. The number of carbonyl (C=O) groups excluding carboxylic acids is 1. The van der Waals surface area contributed by atoms with Crippen molar-refractivity contribution in [3.05, 3.63) is 30.7 Å². The van der Waals surface area contributed by atoms with Gasteiger partial charge in [-0.25, -0.2) is 9.97 Å². The molecule has 18 heavy (non-hydrogen) atoms. The van der Waals surface area contributed by atoms with Gasteiger partial charge in [0.2, 0.25) is 5.95 Å². The standard InChI is InChI=1S/C13H14N4O/c18-11-3-6-17(7-4-11)13-15-8-10(9-16-13)12-2-1-5-14-12/h1-2,5,8-9,14H,3-4,6-7H2. The molecule has 92 valence electrons. The number of hydrogen-bond acceptors (Lipinski definition) is 4. The molecule has 0 unspecified atom stereocenters. The molecule has 0 bridgehead atoms. The van der Waals surface area contributed by atoms with Crippen LogP contribution in [0.5, 0.6) is 0 Å². The van der Waals surface area contributed by atoms with E-state index in [0.717, 1.165) is 24.3 Å². The van der Waals surface area contributed by atoms with Crippen molar-refractivity contribution in [3.8, 4) is 11.3 Å². The first-order valence-corrected chi connectivity index (χ1v) is 6.05. The summed E-state index contributed by atoms with van der Waals surface area (Å²) in [7, 11) is 0. The molecule has 3 rings (SSSR count). The van der Waals surface area contributed by atoms with Crippen molar-refractivity contribution in [2.24, 2.45) is 0 Å². The number of H-pyrrole nitrogens is 1. The first kappa shape index (κ1) is 11.0. The number of nitrogens with zero attached hydrogens (tertiary/aromatic N) is 3. The highest BCUT2D eigenvalue weighted by molar-refractivity contribution is 5.80. The quantitative estimate of drug-likeness (QED) is 0.869. The molecule has 5 nitrogen and oxygen atoms in total. The van der Waals surface area contributed by atoms with Crippen LogP contribution in [0.2, 0.25) is 0 Å². The summed E-state index contributed by atoms with van der Waals surface area (Å²) in [5, 5.41) is 0. The fourth-order valence-electron chi connectivity index (χ4n) is 2.09. The van der Waals surface area contributed by atoms with Crippen LogP contribution in [-0.2, 0) is 4.79 Å². The van der Waals surface area contributed by atoms with Crippen LogP contribution in [0.1, 0.15) is 12.8 Å². The van der Waals surface area contributed by atoms with Crippen molar-refractivity contribution in [2.45, 2.75) is 12.8 Å². The third kappa shape index (κ3) is 2.11. The molecule has 0 atom stereocenters. The van der Waals surface area contributed by atoms with Gasteiger partial charge in [0, 0.05) is 55.8 Å². The monoisotopic (exact) mass is 242 g/mol. The zero-order valence-corrected chi connectivity index (χ0v) is 9.97. The van der Waals surface area contributed by atoms with Crippen molar-refractivity contribution >= 4 is 11.7 Å². The number of aromatic amines is 1. The van der Waals surface area contributed by atoms with Crippen molar-refractivity contribution in [1.29, 1.82) is 0 Å². The van der Waals surface area contributed by atoms with E-state index in [1.807, 2.05) is 30.7 Å². The number of nitrogens with one attached hydrogen (secondary N) is 1. The van der Waals surface area contributed by atoms with Gasteiger partial charge in [-0.3, -0.25) is 4.79 Å². The minimum Gasteiger partial charge on any atom is -0.361 e. The lowest BCUT2D eigenvalue weighted by atomic mass is 10.1. The van der Waals surface area contributed by atoms with Gasteiger partial charge in [0.1, 0.15) is 5.78 Å². The number of aromatic nitrogens is 3. The van der Waals surface area contributed by atoms with Gasteiger partial charge >= 0.3 is 0 Å². The predicted octanol–water partition coefficient (Wildman–Crippen LogP) is 1.64. The van der Waals surface area contributed by atoms with Crippen LogP contribution in [0.4, 0.5) is 5.95 Å². The molecule has 1 aliphatic rings. The summed E-state index contributed by atoms with van der Waals surface area (Å²) in [4.78, 5) is 25.1. The maximum Gasteiger partial charge on any atom is 0.225 e. The molecule has 0 amide bonds. The summed E-state index contributed by atoms with van der Waals surface area (Å²) in [5.41, 5.74) is 1.98. The van der Waals surface area contributed by atoms with Gasteiger partial charge in [0.25, 0.3) is 0 Å². The molecule has 1 aliphatic heterocycles. The van der Waals surface area contributed by atoms with Crippen LogP contribution in [0.25, 0.3) is 11.3 Å². The molecule has 5 heteroatoms. The molecule has 0 aliphatic carbocycles. The molecule has 1 saturated heterocycles. The van der Waals surface area contributed by atoms with Gasteiger partial charge in [0.15, 0.2) is 0 Å². The molecule has 0 aromatic carbocycles. The first-order chi connectivity index (χ1) is 8.83. The van der Waals surface area contributed by atoms with E-state index >= 15 is 0 Å². The van der Waals surface area contributed by atoms with Gasteiger partial charge < -0.3 is 9.88 Å².